The van der Waals surface area contributed by atoms with E-state index in [1.54, 1.807) is 25.3 Å². The molecule has 1 heterocycles. The van der Waals surface area contributed by atoms with Gasteiger partial charge in [-0.3, -0.25) is 9.59 Å². The van der Waals surface area contributed by atoms with Crippen molar-refractivity contribution in [2.45, 2.75) is 13.3 Å². The lowest BCUT2D eigenvalue weighted by Gasteiger charge is -2.19. The van der Waals surface area contributed by atoms with Gasteiger partial charge in [-0.1, -0.05) is 43.3 Å². The first-order valence-corrected chi connectivity index (χ1v) is 10.8. The third-order valence-electron chi connectivity index (χ3n) is 5.70. The Morgan fingerprint density at radius 3 is 2.30 bits per heavy atom. The summed E-state index contributed by atoms with van der Waals surface area (Å²) in [5.41, 5.74) is 4.41. The van der Waals surface area contributed by atoms with E-state index in [1.807, 2.05) is 73.6 Å². The maximum absolute atomic E-state index is 13.7. The highest BCUT2D eigenvalue weighted by Crippen LogP contribution is 2.38. The third-order valence-corrected chi connectivity index (χ3v) is 5.70. The van der Waals surface area contributed by atoms with Crippen molar-refractivity contribution in [3.05, 3.63) is 89.6 Å². The van der Waals surface area contributed by atoms with E-state index >= 15 is 0 Å². The van der Waals surface area contributed by atoms with Gasteiger partial charge >= 0.3 is 0 Å². The van der Waals surface area contributed by atoms with Crippen LogP contribution in [-0.2, 0) is 16.0 Å². The second-order valence-electron chi connectivity index (χ2n) is 7.99. The SMILES string of the molecule is CCc1ccc(NC2=C(c3ccccc3OC)C(=O)N(c3cccc(N(C)C)c3)C2=O)cc1. The summed E-state index contributed by atoms with van der Waals surface area (Å²) in [5.74, 6) is -0.275. The van der Waals surface area contributed by atoms with Crippen molar-refractivity contribution in [3.63, 3.8) is 0 Å². The summed E-state index contributed by atoms with van der Waals surface area (Å²) in [6, 6.07) is 22.4. The van der Waals surface area contributed by atoms with E-state index in [0.717, 1.165) is 17.8 Å². The minimum atomic E-state index is -0.406. The molecule has 3 aromatic rings. The lowest BCUT2D eigenvalue weighted by atomic mass is 10.0. The summed E-state index contributed by atoms with van der Waals surface area (Å²) in [6.07, 6.45) is 0.919. The van der Waals surface area contributed by atoms with E-state index in [-0.39, 0.29) is 11.3 Å². The number of hydrogen-bond donors (Lipinski definition) is 1. The summed E-state index contributed by atoms with van der Waals surface area (Å²) in [4.78, 5) is 30.5. The van der Waals surface area contributed by atoms with E-state index in [4.69, 9.17) is 4.74 Å². The van der Waals surface area contributed by atoms with Gasteiger partial charge in [0.15, 0.2) is 0 Å². The van der Waals surface area contributed by atoms with Crippen LogP contribution >= 0.6 is 0 Å². The van der Waals surface area contributed by atoms with E-state index in [0.29, 0.717) is 17.0 Å². The first kappa shape index (κ1) is 22.1. The Balaban J connectivity index is 1.83. The Labute approximate surface area is 194 Å². The van der Waals surface area contributed by atoms with Crippen LogP contribution in [0.3, 0.4) is 0 Å². The van der Waals surface area contributed by atoms with E-state index in [9.17, 15) is 9.59 Å². The fraction of sp³-hybridized carbons (Fsp3) is 0.185. The molecule has 0 spiro atoms. The number of amides is 2. The summed E-state index contributed by atoms with van der Waals surface area (Å²) < 4.78 is 5.51. The molecular weight excluding hydrogens is 414 g/mol. The zero-order valence-corrected chi connectivity index (χ0v) is 19.3. The summed E-state index contributed by atoms with van der Waals surface area (Å²) >= 11 is 0. The van der Waals surface area contributed by atoms with Gasteiger partial charge in [0, 0.05) is 31.0 Å². The van der Waals surface area contributed by atoms with Gasteiger partial charge < -0.3 is 15.0 Å². The number of benzene rings is 3. The molecule has 168 valence electrons. The van der Waals surface area contributed by atoms with Gasteiger partial charge in [-0.25, -0.2) is 4.90 Å². The minimum Gasteiger partial charge on any atom is -0.496 e. The Morgan fingerprint density at radius 1 is 0.909 bits per heavy atom. The summed E-state index contributed by atoms with van der Waals surface area (Å²) in [7, 11) is 5.38. The van der Waals surface area contributed by atoms with Gasteiger partial charge in [-0.05, 0) is 48.4 Å². The van der Waals surface area contributed by atoms with Gasteiger partial charge in [0.05, 0.1) is 18.4 Å². The van der Waals surface area contributed by atoms with Crippen LogP contribution in [0, 0.1) is 0 Å². The molecule has 0 aromatic heterocycles. The quantitative estimate of drug-likeness (QED) is 0.538. The maximum atomic E-state index is 13.7. The number of aryl methyl sites for hydroxylation is 1. The molecule has 0 atom stereocenters. The highest BCUT2D eigenvalue weighted by molar-refractivity contribution is 6.46. The second-order valence-corrected chi connectivity index (χ2v) is 7.99. The molecule has 0 fully saturated rings. The zero-order chi connectivity index (χ0) is 23.5. The number of nitrogens with zero attached hydrogens (tertiary/aromatic N) is 2. The molecule has 2 amide bonds. The molecule has 4 rings (SSSR count). The Bertz CT molecular complexity index is 1230. The van der Waals surface area contributed by atoms with Crippen LogP contribution in [0.1, 0.15) is 18.1 Å². The molecule has 0 saturated carbocycles. The molecule has 6 heteroatoms. The van der Waals surface area contributed by atoms with Crippen molar-refractivity contribution in [2.75, 3.05) is 36.3 Å². The van der Waals surface area contributed by atoms with Crippen molar-refractivity contribution in [3.8, 4) is 5.75 Å². The van der Waals surface area contributed by atoms with Crippen LogP contribution in [0.2, 0.25) is 0 Å². The van der Waals surface area contributed by atoms with Gasteiger partial charge in [0.1, 0.15) is 11.4 Å². The number of para-hydroxylation sites is 1. The number of imide groups is 1. The summed E-state index contributed by atoms with van der Waals surface area (Å²) in [5, 5.41) is 3.21. The van der Waals surface area contributed by atoms with Crippen LogP contribution in [0.25, 0.3) is 5.57 Å². The predicted molar refractivity (Wildman–Crippen MR) is 133 cm³/mol. The van der Waals surface area contributed by atoms with Crippen molar-refractivity contribution >= 4 is 34.4 Å². The smallest absolute Gasteiger partial charge is 0.282 e. The molecule has 1 aliphatic heterocycles. The van der Waals surface area contributed by atoms with Crippen molar-refractivity contribution in [2.24, 2.45) is 0 Å². The zero-order valence-electron chi connectivity index (χ0n) is 19.3. The number of ether oxygens (including phenoxy) is 1. The normalized spacial score (nSPS) is 13.5. The molecule has 33 heavy (non-hydrogen) atoms. The third kappa shape index (κ3) is 4.20. The van der Waals surface area contributed by atoms with E-state index < -0.39 is 11.8 Å². The highest BCUT2D eigenvalue weighted by Gasteiger charge is 2.41. The number of anilines is 3. The number of nitrogens with one attached hydrogen (secondary N) is 1. The first-order chi connectivity index (χ1) is 15.9. The van der Waals surface area contributed by atoms with Crippen molar-refractivity contribution in [1.82, 2.24) is 0 Å². The molecule has 0 saturated heterocycles. The van der Waals surface area contributed by atoms with Gasteiger partial charge in [-0.15, -0.1) is 0 Å². The van der Waals surface area contributed by atoms with Crippen LogP contribution in [0.4, 0.5) is 17.1 Å². The molecular formula is C27H27N3O3. The first-order valence-electron chi connectivity index (χ1n) is 10.8. The standard InChI is InChI=1S/C27H27N3O3/c1-5-18-13-15-19(16-14-18)28-25-24(22-11-6-7-12-23(22)33-4)26(31)30(27(25)32)21-10-8-9-20(17-21)29(2)3/h6-17,28H,5H2,1-4H3. The van der Waals surface area contributed by atoms with Crippen LogP contribution < -0.4 is 19.9 Å². The second kappa shape index (κ2) is 9.20. The molecule has 6 nitrogen and oxygen atoms in total. The number of rotatable bonds is 7. The van der Waals surface area contributed by atoms with Gasteiger partial charge in [0.2, 0.25) is 0 Å². The molecule has 0 aliphatic carbocycles. The van der Waals surface area contributed by atoms with Gasteiger partial charge in [-0.2, -0.15) is 0 Å². The lowest BCUT2D eigenvalue weighted by Crippen LogP contribution is -2.32. The van der Waals surface area contributed by atoms with E-state index in [2.05, 4.69) is 12.2 Å². The Hall–Kier alpha value is -4.06. The number of carbonyl (C=O) groups is 2. The molecule has 1 aliphatic rings. The molecule has 0 bridgehead atoms. The molecule has 3 aromatic carbocycles. The molecule has 1 N–H and O–H groups in total. The largest absolute Gasteiger partial charge is 0.496 e. The number of hydrogen-bond acceptors (Lipinski definition) is 5. The minimum absolute atomic E-state index is 0.226. The molecule has 0 radical (unpaired) electrons. The lowest BCUT2D eigenvalue weighted by molar-refractivity contribution is -0.120. The Kier molecular flexibility index (Phi) is 6.18. The number of carbonyl (C=O) groups excluding carboxylic acids is 2. The number of methoxy groups -OCH3 is 1. The van der Waals surface area contributed by atoms with Crippen molar-refractivity contribution in [1.29, 1.82) is 0 Å². The fourth-order valence-electron chi connectivity index (χ4n) is 3.86. The van der Waals surface area contributed by atoms with Crippen LogP contribution in [0.15, 0.2) is 78.5 Å². The maximum Gasteiger partial charge on any atom is 0.282 e. The highest BCUT2D eigenvalue weighted by atomic mass is 16.5. The average molecular weight is 442 g/mol. The van der Waals surface area contributed by atoms with Crippen LogP contribution in [0.5, 0.6) is 5.75 Å². The van der Waals surface area contributed by atoms with E-state index in [1.165, 1.54) is 10.5 Å². The Morgan fingerprint density at radius 2 is 1.64 bits per heavy atom. The monoisotopic (exact) mass is 441 g/mol. The van der Waals surface area contributed by atoms with Crippen molar-refractivity contribution < 1.29 is 14.3 Å². The topological polar surface area (TPSA) is 61.9 Å². The predicted octanol–water partition coefficient (Wildman–Crippen LogP) is 4.72. The fourth-order valence-corrected chi connectivity index (χ4v) is 3.86. The van der Waals surface area contributed by atoms with Gasteiger partial charge in [0.25, 0.3) is 11.8 Å². The molecule has 0 unspecified atom stereocenters. The van der Waals surface area contributed by atoms with Crippen LogP contribution in [-0.4, -0.2) is 33.0 Å². The average Bonchev–Trinajstić information content (AvgIpc) is 3.08. The summed E-state index contributed by atoms with van der Waals surface area (Å²) in [6.45, 7) is 2.09.